The number of carbonyl (C=O) groups excluding carboxylic acids is 3. The Balaban J connectivity index is 2.00. The molecule has 1 aromatic rings. The number of nitrogens with two attached hydrogens (primary N) is 1. The SMILES string of the molecule is Cc1c(CC(=O)NCC(N)=O)c2c(n1C1CCCCC1)CC(C)(C)CC2=O. The van der Waals surface area contributed by atoms with Crippen molar-refractivity contribution < 1.29 is 14.4 Å². The molecule has 1 fully saturated rings. The Hall–Kier alpha value is -2.11. The van der Waals surface area contributed by atoms with Crippen LogP contribution < -0.4 is 11.1 Å². The molecule has 148 valence electrons. The zero-order valence-corrected chi connectivity index (χ0v) is 16.7. The first-order valence-electron chi connectivity index (χ1n) is 10.0. The molecule has 0 aromatic carbocycles. The standard InChI is InChI=1S/C21H31N3O3/c1-13-15(9-19(27)23-12-18(22)26)20-16(10-21(2,3)11-17(20)25)24(13)14-7-5-4-6-8-14/h14H,4-12H2,1-3H3,(H2,22,26)(H,23,27). The Morgan fingerprint density at radius 2 is 1.85 bits per heavy atom. The number of aromatic nitrogens is 1. The molecule has 1 heterocycles. The fourth-order valence-corrected chi connectivity index (χ4v) is 4.82. The number of primary amides is 1. The number of nitrogens with one attached hydrogen (secondary N) is 1. The second-order valence-corrected chi connectivity index (χ2v) is 8.91. The van der Waals surface area contributed by atoms with Crippen LogP contribution in [0.3, 0.4) is 0 Å². The normalized spacial score (nSPS) is 19.6. The number of amides is 2. The monoisotopic (exact) mass is 373 g/mol. The van der Waals surface area contributed by atoms with Crippen molar-refractivity contribution in [2.75, 3.05) is 6.54 Å². The fraction of sp³-hybridized carbons (Fsp3) is 0.667. The lowest BCUT2D eigenvalue weighted by atomic mass is 9.75. The van der Waals surface area contributed by atoms with Gasteiger partial charge in [0.15, 0.2) is 5.78 Å². The summed E-state index contributed by atoms with van der Waals surface area (Å²) in [6, 6.07) is 0.414. The molecule has 2 amide bonds. The van der Waals surface area contributed by atoms with Crippen molar-refractivity contribution in [2.45, 2.75) is 78.2 Å². The topological polar surface area (TPSA) is 94.2 Å². The summed E-state index contributed by atoms with van der Waals surface area (Å²) in [6.45, 7) is 6.13. The van der Waals surface area contributed by atoms with Crippen LogP contribution in [0, 0.1) is 12.3 Å². The maximum atomic E-state index is 13.0. The lowest BCUT2D eigenvalue weighted by molar-refractivity contribution is -0.124. The van der Waals surface area contributed by atoms with Crippen LogP contribution >= 0.6 is 0 Å². The molecular formula is C21H31N3O3. The number of fused-ring (bicyclic) bond motifs is 1. The predicted octanol–water partition coefficient (Wildman–Crippen LogP) is 2.60. The van der Waals surface area contributed by atoms with E-state index in [-0.39, 0.29) is 30.1 Å². The van der Waals surface area contributed by atoms with Crippen molar-refractivity contribution in [3.8, 4) is 0 Å². The van der Waals surface area contributed by atoms with E-state index in [0.29, 0.717) is 12.5 Å². The van der Waals surface area contributed by atoms with Gasteiger partial charge in [-0.05, 0) is 37.2 Å². The van der Waals surface area contributed by atoms with E-state index in [4.69, 9.17) is 5.73 Å². The zero-order valence-electron chi connectivity index (χ0n) is 16.7. The lowest BCUT2D eigenvalue weighted by Crippen LogP contribution is -2.34. The van der Waals surface area contributed by atoms with Crippen LogP contribution in [0.25, 0.3) is 0 Å². The molecule has 0 unspecified atom stereocenters. The Morgan fingerprint density at radius 3 is 2.48 bits per heavy atom. The number of hydrogen-bond donors (Lipinski definition) is 2. The van der Waals surface area contributed by atoms with Crippen LogP contribution in [0.5, 0.6) is 0 Å². The largest absolute Gasteiger partial charge is 0.368 e. The van der Waals surface area contributed by atoms with Crippen LogP contribution in [-0.2, 0) is 22.4 Å². The van der Waals surface area contributed by atoms with E-state index in [2.05, 4.69) is 23.7 Å². The van der Waals surface area contributed by atoms with Crippen LogP contribution in [0.15, 0.2) is 0 Å². The van der Waals surface area contributed by atoms with Gasteiger partial charge in [-0.2, -0.15) is 0 Å². The highest BCUT2D eigenvalue weighted by atomic mass is 16.2. The number of ketones is 1. The van der Waals surface area contributed by atoms with Gasteiger partial charge in [0, 0.05) is 29.4 Å². The number of Topliss-reactive ketones (excluding diaryl/α,β-unsaturated/α-hetero) is 1. The summed E-state index contributed by atoms with van der Waals surface area (Å²) in [7, 11) is 0. The number of hydrogen-bond acceptors (Lipinski definition) is 3. The van der Waals surface area contributed by atoms with Crippen LogP contribution in [0.1, 0.15) is 85.7 Å². The van der Waals surface area contributed by atoms with Gasteiger partial charge in [-0.25, -0.2) is 0 Å². The van der Waals surface area contributed by atoms with Crippen molar-refractivity contribution in [1.82, 2.24) is 9.88 Å². The summed E-state index contributed by atoms with van der Waals surface area (Å²) < 4.78 is 2.37. The average Bonchev–Trinajstić information content (AvgIpc) is 2.84. The van der Waals surface area contributed by atoms with Crippen molar-refractivity contribution in [3.63, 3.8) is 0 Å². The third kappa shape index (κ3) is 4.09. The Morgan fingerprint density at radius 1 is 1.19 bits per heavy atom. The third-order valence-corrected chi connectivity index (χ3v) is 5.98. The van der Waals surface area contributed by atoms with Gasteiger partial charge in [0.1, 0.15) is 0 Å². The Labute approximate surface area is 160 Å². The molecule has 2 aliphatic carbocycles. The second-order valence-electron chi connectivity index (χ2n) is 8.91. The molecule has 3 N–H and O–H groups in total. The predicted molar refractivity (Wildman–Crippen MR) is 104 cm³/mol. The summed E-state index contributed by atoms with van der Waals surface area (Å²) in [6.07, 6.45) is 7.43. The van der Waals surface area contributed by atoms with Crippen molar-refractivity contribution in [3.05, 3.63) is 22.5 Å². The minimum absolute atomic E-state index is 0.0627. The lowest BCUT2D eigenvalue weighted by Gasteiger charge is -2.33. The summed E-state index contributed by atoms with van der Waals surface area (Å²) in [4.78, 5) is 36.3. The van der Waals surface area contributed by atoms with Crippen molar-refractivity contribution in [1.29, 1.82) is 0 Å². The van der Waals surface area contributed by atoms with E-state index < -0.39 is 5.91 Å². The van der Waals surface area contributed by atoms with E-state index >= 15 is 0 Å². The van der Waals surface area contributed by atoms with Gasteiger partial charge in [0.2, 0.25) is 11.8 Å². The van der Waals surface area contributed by atoms with Gasteiger partial charge in [0.05, 0.1) is 13.0 Å². The summed E-state index contributed by atoms with van der Waals surface area (Å²) in [5.41, 5.74) is 8.79. The molecule has 1 aromatic heterocycles. The minimum atomic E-state index is -0.570. The molecular weight excluding hydrogens is 342 g/mol. The van der Waals surface area contributed by atoms with Crippen LogP contribution in [-0.4, -0.2) is 28.7 Å². The molecule has 2 aliphatic rings. The molecule has 6 heteroatoms. The number of rotatable bonds is 5. The van der Waals surface area contributed by atoms with E-state index in [9.17, 15) is 14.4 Å². The van der Waals surface area contributed by atoms with E-state index in [1.165, 1.54) is 19.3 Å². The van der Waals surface area contributed by atoms with Crippen molar-refractivity contribution in [2.24, 2.45) is 11.1 Å². The van der Waals surface area contributed by atoms with E-state index in [1.807, 2.05) is 6.92 Å². The second kappa shape index (κ2) is 7.49. The number of nitrogens with zero attached hydrogens (tertiary/aromatic N) is 1. The van der Waals surface area contributed by atoms with E-state index in [1.54, 1.807) is 0 Å². The Bertz CT molecular complexity index is 770. The van der Waals surface area contributed by atoms with Gasteiger partial charge < -0.3 is 15.6 Å². The highest BCUT2D eigenvalue weighted by molar-refractivity contribution is 6.02. The zero-order chi connectivity index (χ0) is 19.8. The molecule has 0 radical (unpaired) electrons. The maximum Gasteiger partial charge on any atom is 0.236 e. The van der Waals surface area contributed by atoms with Crippen LogP contribution in [0.4, 0.5) is 0 Å². The summed E-state index contributed by atoms with van der Waals surface area (Å²) >= 11 is 0. The molecule has 0 saturated heterocycles. The molecule has 0 aliphatic heterocycles. The molecule has 3 rings (SSSR count). The molecule has 0 atom stereocenters. The highest BCUT2D eigenvalue weighted by Crippen LogP contribution is 2.42. The molecule has 6 nitrogen and oxygen atoms in total. The first kappa shape index (κ1) is 19.6. The summed E-state index contributed by atoms with van der Waals surface area (Å²) in [5, 5.41) is 2.55. The first-order valence-corrected chi connectivity index (χ1v) is 10.0. The number of carbonyl (C=O) groups is 3. The third-order valence-electron chi connectivity index (χ3n) is 5.98. The van der Waals surface area contributed by atoms with Gasteiger partial charge >= 0.3 is 0 Å². The molecule has 0 spiro atoms. The fourth-order valence-electron chi connectivity index (χ4n) is 4.82. The molecule has 0 bridgehead atoms. The van der Waals surface area contributed by atoms with Crippen molar-refractivity contribution >= 4 is 17.6 Å². The smallest absolute Gasteiger partial charge is 0.236 e. The van der Waals surface area contributed by atoms with Gasteiger partial charge in [-0.15, -0.1) is 0 Å². The van der Waals surface area contributed by atoms with Crippen LogP contribution in [0.2, 0.25) is 0 Å². The van der Waals surface area contributed by atoms with Gasteiger partial charge in [-0.1, -0.05) is 33.1 Å². The van der Waals surface area contributed by atoms with E-state index in [0.717, 1.165) is 41.8 Å². The average molecular weight is 373 g/mol. The highest BCUT2D eigenvalue weighted by Gasteiger charge is 2.38. The molecule has 27 heavy (non-hydrogen) atoms. The first-order chi connectivity index (χ1) is 12.7. The summed E-state index contributed by atoms with van der Waals surface area (Å²) in [5.74, 6) is -0.700. The maximum absolute atomic E-state index is 13.0. The Kier molecular flexibility index (Phi) is 5.45. The molecule has 1 saturated carbocycles. The minimum Gasteiger partial charge on any atom is -0.368 e. The van der Waals surface area contributed by atoms with Gasteiger partial charge in [0.25, 0.3) is 0 Å². The van der Waals surface area contributed by atoms with Gasteiger partial charge in [-0.3, -0.25) is 14.4 Å². The quantitative estimate of drug-likeness (QED) is 0.830.